The largest absolute Gasteiger partial charge is 0.368 e. The second-order valence-electron chi connectivity index (χ2n) is 5.42. The molecule has 1 fully saturated rings. The first-order valence-corrected chi connectivity index (χ1v) is 7.39. The quantitative estimate of drug-likeness (QED) is 0.798. The number of hydrogen-bond donors (Lipinski definition) is 2. The molecule has 1 aliphatic heterocycles. The molecule has 0 radical (unpaired) electrons. The Bertz CT molecular complexity index is 525. The van der Waals surface area contributed by atoms with E-state index in [0.717, 1.165) is 25.0 Å². The lowest BCUT2D eigenvalue weighted by molar-refractivity contribution is -0.123. The molecule has 0 saturated carbocycles. The van der Waals surface area contributed by atoms with Gasteiger partial charge in [0, 0.05) is 18.8 Å². The Kier molecular flexibility index (Phi) is 4.95. The summed E-state index contributed by atoms with van der Waals surface area (Å²) in [4.78, 5) is 25.8. The van der Waals surface area contributed by atoms with Crippen molar-refractivity contribution in [1.29, 1.82) is 0 Å². The van der Waals surface area contributed by atoms with Crippen LogP contribution in [0.25, 0.3) is 0 Å². The minimum Gasteiger partial charge on any atom is -0.368 e. The van der Waals surface area contributed by atoms with E-state index in [1.165, 1.54) is 0 Å². The van der Waals surface area contributed by atoms with Crippen LogP contribution in [0.2, 0.25) is 0 Å². The minimum absolute atomic E-state index is 0.157. The van der Waals surface area contributed by atoms with Gasteiger partial charge in [-0.3, -0.25) is 14.3 Å². The molecular formula is C14H23N5O2. The van der Waals surface area contributed by atoms with Gasteiger partial charge in [-0.2, -0.15) is 5.10 Å². The summed E-state index contributed by atoms with van der Waals surface area (Å²) in [7, 11) is 0. The van der Waals surface area contributed by atoms with E-state index in [2.05, 4.69) is 5.10 Å². The predicted molar refractivity (Wildman–Crippen MR) is 78.5 cm³/mol. The number of nitrogens with zero attached hydrogens (tertiary/aromatic N) is 3. The summed E-state index contributed by atoms with van der Waals surface area (Å²) in [5, 5.41) is 4.24. The summed E-state index contributed by atoms with van der Waals surface area (Å²) in [6.07, 6.45) is 4.84. The molecule has 1 atom stereocenters. The zero-order valence-corrected chi connectivity index (χ0v) is 12.4. The summed E-state index contributed by atoms with van der Waals surface area (Å²) in [5.74, 6) is -0.591. The predicted octanol–water partition coefficient (Wildman–Crippen LogP) is 0.0203. The Hall–Kier alpha value is -1.89. The average molecular weight is 293 g/mol. The molecule has 0 bridgehead atoms. The third-order valence-electron chi connectivity index (χ3n) is 4.00. The van der Waals surface area contributed by atoms with Crippen molar-refractivity contribution < 1.29 is 9.59 Å². The number of aryl methyl sites for hydroxylation is 1. The Balaban J connectivity index is 2.18. The summed E-state index contributed by atoms with van der Waals surface area (Å²) >= 11 is 0. The molecule has 21 heavy (non-hydrogen) atoms. The molecule has 7 nitrogen and oxygen atoms in total. The van der Waals surface area contributed by atoms with Crippen molar-refractivity contribution >= 4 is 11.8 Å². The van der Waals surface area contributed by atoms with Gasteiger partial charge in [0.05, 0.1) is 11.8 Å². The van der Waals surface area contributed by atoms with Crippen molar-refractivity contribution in [2.75, 3.05) is 13.1 Å². The molecule has 4 N–H and O–H groups in total. The smallest absolute Gasteiger partial charge is 0.258 e. The van der Waals surface area contributed by atoms with Crippen LogP contribution in [0, 0.1) is 6.92 Å². The number of likely N-dealkylation sites (tertiary alicyclic amines) is 1. The summed E-state index contributed by atoms with van der Waals surface area (Å²) < 4.78 is 1.78. The Labute approximate surface area is 124 Å². The van der Waals surface area contributed by atoms with Gasteiger partial charge in [-0.05, 0) is 39.2 Å². The third-order valence-corrected chi connectivity index (χ3v) is 4.00. The van der Waals surface area contributed by atoms with E-state index in [9.17, 15) is 9.59 Å². The number of aromatic nitrogens is 2. The Morgan fingerprint density at radius 1 is 1.43 bits per heavy atom. The molecule has 1 aliphatic rings. The number of nitrogens with two attached hydrogens (primary N) is 2. The highest BCUT2D eigenvalue weighted by molar-refractivity contribution is 5.98. The summed E-state index contributed by atoms with van der Waals surface area (Å²) in [5.41, 5.74) is 12.3. The average Bonchev–Trinajstić information content (AvgIpc) is 2.85. The van der Waals surface area contributed by atoms with E-state index in [-0.39, 0.29) is 5.91 Å². The Morgan fingerprint density at radius 3 is 2.86 bits per heavy atom. The van der Waals surface area contributed by atoms with Crippen LogP contribution < -0.4 is 11.5 Å². The molecule has 7 heteroatoms. The third kappa shape index (κ3) is 3.24. The molecule has 0 aliphatic carbocycles. The number of carbonyl (C=O) groups excluding carboxylic acids is 2. The van der Waals surface area contributed by atoms with E-state index in [0.29, 0.717) is 31.6 Å². The van der Waals surface area contributed by atoms with Crippen molar-refractivity contribution in [3.63, 3.8) is 0 Å². The number of carbonyl (C=O) groups is 2. The monoisotopic (exact) mass is 293 g/mol. The lowest BCUT2D eigenvalue weighted by Crippen LogP contribution is -2.50. The topological polar surface area (TPSA) is 107 Å². The van der Waals surface area contributed by atoms with Gasteiger partial charge in [0.1, 0.15) is 6.04 Å². The van der Waals surface area contributed by atoms with Crippen LogP contribution in [0.1, 0.15) is 41.7 Å². The molecule has 0 spiro atoms. The van der Waals surface area contributed by atoms with E-state index in [1.54, 1.807) is 15.8 Å². The fourth-order valence-corrected chi connectivity index (χ4v) is 2.75. The van der Waals surface area contributed by atoms with E-state index in [4.69, 9.17) is 11.5 Å². The maximum absolute atomic E-state index is 12.7. The molecule has 1 unspecified atom stereocenters. The van der Waals surface area contributed by atoms with Crippen LogP contribution in [0.5, 0.6) is 0 Å². The molecule has 0 aromatic carbocycles. The zero-order chi connectivity index (χ0) is 15.4. The number of piperidine rings is 1. The second-order valence-corrected chi connectivity index (χ2v) is 5.42. The van der Waals surface area contributed by atoms with Crippen molar-refractivity contribution in [2.45, 2.75) is 45.2 Å². The second kappa shape index (κ2) is 6.71. The van der Waals surface area contributed by atoms with Gasteiger partial charge >= 0.3 is 0 Å². The summed E-state index contributed by atoms with van der Waals surface area (Å²) in [6.45, 7) is 3.70. The van der Waals surface area contributed by atoms with Gasteiger partial charge in [0.25, 0.3) is 5.91 Å². The molecule has 2 rings (SSSR count). The van der Waals surface area contributed by atoms with Crippen LogP contribution >= 0.6 is 0 Å². The van der Waals surface area contributed by atoms with Crippen molar-refractivity contribution in [3.8, 4) is 0 Å². The lowest BCUT2D eigenvalue weighted by Gasteiger charge is -2.33. The molecule has 1 aromatic heterocycles. The van der Waals surface area contributed by atoms with Crippen LogP contribution in [-0.4, -0.2) is 45.6 Å². The molecule has 116 valence electrons. The van der Waals surface area contributed by atoms with E-state index >= 15 is 0 Å². The first kappa shape index (κ1) is 15.5. The van der Waals surface area contributed by atoms with Crippen molar-refractivity contribution in [1.82, 2.24) is 14.7 Å². The molecule has 1 aromatic rings. The number of amides is 2. The highest BCUT2D eigenvalue weighted by Gasteiger charge is 2.32. The van der Waals surface area contributed by atoms with Crippen LogP contribution in [0.4, 0.5) is 0 Å². The number of rotatable bonds is 5. The number of primary amides is 1. The Morgan fingerprint density at radius 2 is 2.19 bits per heavy atom. The first-order chi connectivity index (χ1) is 10.1. The lowest BCUT2D eigenvalue weighted by atomic mass is 10.0. The van der Waals surface area contributed by atoms with Gasteiger partial charge in [0.2, 0.25) is 5.91 Å². The van der Waals surface area contributed by atoms with Crippen LogP contribution in [0.15, 0.2) is 6.20 Å². The standard InChI is InChI=1S/C14H23N5O2/c1-10-11(9-17-19(10)8-4-6-15)14(21)18-7-3-2-5-12(18)13(16)20/h9,12H,2-8,15H2,1H3,(H2,16,20). The molecular weight excluding hydrogens is 270 g/mol. The van der Waals surface area contributed by atoms with Crippen molar-refractivity contribution in [3.05, 3.63) is 17.5 Å². The van der Waals surface area contributed by atoms with Gasteiger partial charge in [0.15, 0.2) is 0 Å². The maximum atomic E-state index is 12.7. The summed E-state index contributed by atoms with van der Waals surface area (Å²) in [6, 6.07) is -0.502. The minimum atomic E-state index is -0.502. The fraction of sp³-hybridized carbons (Fsp3) is 0.643. The van der Waals surface area contributed by atoms with Crippen LogP contribution in [-0.2, 0) is 11.3 Å². The SMILES string of the molecule is Cc1c(C(=O)N2CCCCC2C(N)=O)cnn1CCCN. The van der Waals surface area contributed by atoms with Crippen LogP contribution in [0.3, 0.4) is 0 Å². The normalized spacial score (nSPS) is 18.8. The van der Waals surface area contributed by atoms with Gasteiger partial charge in [-0.25, -0.2) is 0 Å². The van der Waals surface area contributed by atoms with E-state index in [1.807, 2.05) is 6.92 Å². The van der Waals surface area contributed by atoms with Gasteiger partial charge in [-0.15, -0.1) is 0 Å². The zero-order valence-electron chi connectivity index (χ0n) is 12.4. The number of hydrogen-bond acceptors (Lipinski definition) is 4. The van der Waals surface area contributed by atoms with Crippen molar-refractivity contribution in [2.24, 2.45) is 11.5 Å². The highest BCUT2D eigenvalue weighted by Crippen LogP contribution is 2.21. The highest BCUT2D eigenvalue weighted by atomic mass is 16.2. The maximum Gasteiger partial charge on any atom is 0.258 e. The fourth-order valence-electron chi connectivity index (χ4n) is 2.75. The molecule has 2 heterocycles. The molecule has 2 amide bonds. The van der Waals surface area contributed by atoms with E-state index < -0.39 is 11.9 Å². The first-order valence-electron chi connectivity index (χ1n) is 7.39. The van der Waals surface area contributed by atoms with Gasteiger partial charge in [-0.1, -0.05) is 0 Å². The molecule has 1 saturated heterocycles. The van der Waals surface area contributed by atoms with Gasteiger partial charge < -0.3 is 16.4 Å².